The number of likely N-dealkylation sites (tertiary alicyclic amines) is 1. The number of benzene rings is 1. The molecule has 19 heavy (non-hydrogen) atoms. The predicted molar refractivity (Wildman–Crippen MR) is 80.1 cm³/mol. The van der Waals surface area contributed by atoms with E-state index in [0.717, 1.165) is 29.6 Å². The predicted octanol–water partition coefficient (Wildman–Crippen LogP) is 3.25. The monoisotopic (exact) mass is 325 g/mol. The molecule has 0 aliphatic carbocycles. The molecule has 104 valence electrons. The summed E-state index contributed by atoms with van der Waals surface area (Å²) >= 11 is 3.52. The van der Waals surface area contributed by atoms with E-state index in [4.69, 9.17) is 4.74 Å². The van der Waals surface area contributed by atoms with E-state index in [0.29, 0.717) is 17.5 Å². The van der Waals surface area contributed by atoms with Gasteiger partial charge in [0, 0.05) is 23.5 Å². The van der Waals surface area contributed by atoms with Gasteiger partial charge in [0.2, 0.25) is 0 Å². The quantitative estimate of drug-likeness (QED) is 0.798. The van der Waals surface area contributed by atoms with Crippen LogP contribution in [-0.4, -0.2) is 35.8 Å². The zero-order valence-electron chi connectivity index (χ0n) is 11.6. The first kappa shape index (κ1) is 14.4. The first-order chi connectivity index (χ1) is 9.08. The number of hydrogen-bond acceptors (Lipinski definition) is 2. The third-order valence-corrected chi connectivity index (χ3v) is 4.62. The second-order valence-electron chi connectivity index (χ2n) is 5.17. The molecule has 0 radical (unpaired) electrons. The number of methoxy groups -OCH3 is 1. The maximum atomic E-state index is 12.6. The standard InChI is InChI=1S/C15H20BrNO2/c1-10-6-7-17(13(10)9-16)15(18)12-5-4-11(2)14(8-12)19-3/h4-5,8,10,13H,6-7,9H2,1-3H3. The molecule has 0 saturated carbocycles. The molecule has 2 atom stereocenters. The molecule has 0 bridgehead atoms. The molecule has 0 spiro atoms. The molecule has 2 rings (SSSR count). The average molecular weight is 326 g/mol. The Labute approximate surface area is 123 Å². The number of ether oxygens (including phenoxy) is 1. The van der Waals surface area contributed by atoms with Gasteiger partial charge in [0.05, 0.1) is 7.11 Å². The molecule has 1 aromatic carbocycles. The lowest BCUT2D eigenvalue weighted by Crippen LogP contribution is -2.38. The molecular weight excluding hydrogens is 306 g/mol. The maximum Gasteiger partial charge on any atom is 0.254 e. The Bertz CT molecular complexity index is 475. The fraction of sp³-hybridized carbons (Fsp3) is 0.533. The van der Waals surface area contributed by atoms with Crippen LogP contribution in [0.15, 0.2) is 18.2 Å². The van der Waals surface area contributed by atoms with Crippen LogP contribution in [0, 0.1) is 12.8 Å². The molecule has 0 N–H and O–H groups in total. The van der Waals surface area contributed by atoms with Crippen molar-refractivity contribution in [1.82, 2.24) is 4.90 Å². The summed E-state index contributed by atoms with van der Waals surface area (Å²) in [7, 11) is 1.63. The summed E-state index contributed by atoms with van der Waals surface area (Å²) in [6.07, 6.45) is 1.07. The number of amides is 1. The van der Waals surface area contributed by atoms with Crippen molar-refractivity contribution in [2.24, 2.45) is 5.92 Å². The third kappa shape index (κ3) is 2.78. The van der Waals surface area contributed by atoms with Crippen LogP contribution in [0.4, 0.5) is 0 Å². The number of carbonyl (C=O) groups is 1. The lowest BCUT2D eigenvalue weighted by Gasteiger charge is -2.25. The molecule has 2 unspecified atom stereocenters. The fourth-order valence-corrected chi connectivity index (χ4v) is 3.60. The zero-order chi connectivity index (χ0) is 14.0. The highest BCUT2D eigenvalue weighted by molar-refractivity contribution is 9.09. The van der Waals surface area contributed by atoms with Gasteiger partial charge in [0.1, 0.15) is 5.75 Å². The fourth-order valence-electron chi connectivity index (χ4n) is 2.61. The maximum absolute atomic E-state index is 12.6. The van der Waals surface area contributed by atoms with Crippen LogP contribution in [-0.2, 0) is 0 Å². The van der Waals surface area contributed by atoms with Crippen molar-refractivity contribution in [3.63, 3.8) is 0 Å². The summed E-state index contributed by atoms with van der Waals surface area (Å²) in [5, 5.41) is 0.836. The van der Waals surface area contributed by atoms with Crippen molar-refractivity contribution in [1.29, 1.82) is 0 Å². The van der Waals surface area contributed by atoms with Crippen LogP contribution in [0.25, 0.3) is 0 Å². The Kier molecular flexibility index (Phi) is 4.50. The van der Waals surface area contributed by atoms with E-state index in [1.165, 1.54) is 0 Å². The van der Waals surface area contributed by atoms with Crippen molar-refractivity contribution >= 4 is 21.8 Å². The Morgan fingerprint density at radius 2 is 2.26 bits per heavy atom. The Hall–Kier alpha value is -1.03. The van der Waals surface area contributed by atoms with E-state index < -0.39 is 0 Å². The van der Waals surface area contributed by atoms with Gasteiger partial charge in [-0.2, -0.15) is 0 Å². The minimum absolute atomic E-state index is 0.104. The normalized spacial score (nSPS) is 22.6. The van der Waals surface area contributed by atoms with E-state index in [2.05, 4.69) is 22.9 Å². The van der Waals surface area contributed by atoms with Gasteiger partial charge >= 0.3 is 0 Å². The highest BCUT2D eigenvalue weighted by Gasteiger charge is 2.34. The van der Waals surface area contributed by atoms with Gasteiger partial charge in [-0.05, 0) is 37.0 Å². The second kappa shape index (κ2) is 5.95. The zero-order valence-corrected chi connectivity index (χ0v) is 13.2. The highest BCUT2D eigenvalue weighted by atomic mass is 79.9. The summed E-state index contributed by atoms with van der Waals surface area (Å²) in [4.78, 5) is 14.6. The van der Waals surface area contributed by atoms with Crippen molar-refractivity contribution in [3.05, 3.63) is 29.3 Å². The molecule has 1 aromatic rings. The topological polar surface area (TPSA) is 29.5 Å². The molecule has 3 nitrogen and oxygen atoms in total. The highest BCUT2D eigenvalue weighted by Crippen LogP contribution is 2.28. The van der Waals surface area contributed by atoms with Gasteiger partial charge in [-0.25, -0.2) is 0 Å². The van der Waals surface area contributed by atoms with Crippen molar-refractivity contribution in [3.8, 4) is 5.75 Å². The van der Waals surface area contributed by atoms with Gasteiger partial charge in [-0.1, -0.05) is 28.9 Å². The van der Waals surface area contributed by atoms with Crippen LogP contribution >= 0.6 is 15.9 Å². The van der Waals surface area contributed by atoms with Gasteiger partial charge in [0.15, 0.2) is 0 Å². The number of halogens is 1. The summed E-state index contributed by atoms with van der Waals surface area (Å²) in [5.41, 5.74) is 1.76. The van der Waals surface area contributed by atoms with E-state index in [1.807, 2.05) is 30.0 Å². The molecule has 1 amide bonds. The van der Waals surface area contributed by atoms with Gasteiger partial charge < -0.3 is 9.64 Å². The summed E-state index contributed by atoms with van der Waals surface area (Å²) < 4.78 is 5.29. The largest absolute Gasteiger partial charge is 0.496 e. The first-order valence-corrected chi connectivity index (χ1v) is 7.72. The third-order valence-electron chi connectivity index (χ3n) is 3.96. The Morgan fingerprint density at radius 3 is 2.89 bits per heavy atom. The van der Waals surface area contributed by atoms with Crippen LogP contribution < -0.4 is 4.74 Å². The number of rotatable bonds is 3. The first-order valence-electron chi connectivity index (χ1n) is 6.60. The molecular formula is C15H20BrNO2. The van der Waals surface area contributed by atoms with Crippen LogP contribution in [0.5, 0.6) is 5.75 Å². The molecule has 1 aliphatic rings. The number of hydrogen-bond donors (Lipinski definition) is 0. The summed E-state index contributed by atoms with van der Waals surface area (Å²) in [5.74, 6) is 1.43. The number of nitrogens with zero attached hydrogens (tertiary/aromatic N) is 1. The van der Waals surface area contributed by atoms with E-state index in [-0.39, 0.29) is 5.91 Å². The van der Waals surface area contributed by atoms with Gasteiger partial charge in [0.25, 0.3) is 5.91 Å². The second-order valence-corrected chi connectivity index (χ2v) is 5.82. The SMILES string of the molecule is COc1cc(C(=O)N2CCC(C)C2CBr)ccc1C. The molecule has 1 heterocycles. The minimum atomic E-state index is 0.104. The number of carbonyl (C=O) groups excluding carboxylic acids is 1. The van der Waals surface area contributed by atoms with Gasteiger partial charge in [-0.3, -0.25) is 4.79 Å². The number of aryl methyl sites for hydroxylation is 1. The van der Waals surface area contributed by atoms with Crippen LogP contribution in [0.3, 0.4) is 0 Å². The van der Waals surface area contributed by atoms with Gasteiger partial charge in [-0.15, -0.1) is 0 Å². The van der Waals surface area contributed by atoms with E-state index in [9.17, 15) is 4.79 Å². The smallest absolute Gasteiger partial charge is 0.254 e. The molecule has 1 fully saturated rings. The molecule has 4 heteroatoms. The summed E-state index contributed by atoms with van der Waals surface area (Å²) in [6, 6.07) is 5.95. The minimum Gasteiger partial charge on any atom is -0.496 e. The number of alkyl halides is 1. The van der Waals surface area contributed by atoms with Crippen molar-refractivity contribution in [2.75, 3.05) is 19.0 Å². The lowest BCUT2D eigenvalue weighted by molar-refractivity contribution is 0.0738. The van der Waals surface area contributed by atoms with E-state index in [1.54, 1.807) is 7.11 Å². The molecule has 1 saturated heterocycles. The average Bonchev–Trinajstić information content (AvgIpc) is 2.79. The van der Waals surface area contributed by atoms with Crippen LogP contribution in [0.1, 0.15) is 29.3 Å². The lowest BCUT2D eigenvalue weighted by atomic mass is 10.0. The molecule has 0 aromatic heterocycles. The van der Waals surface area contributed by atoms with Crippen molar-refractivity contribution in [2.45, 2.75) is 26.3 Å². The Morgan fingerprint density at radius 1 is 1.53 bits per heavy atom. The summed E-state index contributed by atoms with van der Waals surface area (Å²) in [6.45, 7) is 5.02. The van der Waals surface area contributed by atoms with Crippen LogP contribution in [0.2, 0.25) is 0 Å². The van der Waals surface area contributed by atoms with Crippen molar-refractivity contribution < 1.29 is 9.53 Å². The molecule has 1 aliphatic heterocycles. The Balaban J connectivity index is 2.24. The van der Waals surface area contributed by atoms with E-state index >= 15 is 0 Å².